The number of nitrogens with two attached hydrogens (primary N) is 1. The molecule has 2 rings (SSSR count). The van der Waals surface area contributed by atoms with Gasteiger partial charge in [-0.3, -0.25) is 0 Å². The summed E-state index contributed by atoms with van der Waals surface area (Å²) in [6.45, 7) is 4.65. The molecular weight excluding hydrogens is 255 g/mol. The van der Waals surface area contributed by atoms with E-state index in [0.717, 1.165) is 43.9 Å². The zero-order chi connectivity index (χ0) is 14.5. The first-order valence-electron chi connectivity index (χ1n) is 7.39. The first-order chi connectivity index (χ1) is 9.56. The number of anilines is 1. The lowest BCUT2D eigenvalue weighted by atomic mass is 9.98. The number of rotatable bonds is 5. The molecule has 0 amide bonds. The van der Waals surface area contributed by atoms with Gasteiger partial charge in [0.05, 0.1) is 0 Å². The van der Waals surface area contributed by atoms with Crippen molar-refractivity contribution in [2.75, 3.05) is 31.7 Å². The smallest absolute Gasteiger partial charge is 0.123 e. The standard InChI is InChI=1S/C16H25FN2O/c1-12(18)9-14-10-15(17)3-4-16(14)19(2)11-13-5-7-20-8-6-13/h3-4,10,12-13H,5-9,11,18H2,1-2H3. The van der Waals surface area contributed by atoms with Gasteiger partial charge < -0.3 is 15.4 Å². The third-order valence-electron chi connectivity index (χ3n) is 3.87. The minimum atomic E-state index is -0.191. The molecule has 0 spiro atoms. The zero-order valence-corrected chi connectivity index (χ0v) is 12.4. The van der Waals surface area contributed by atoms with Crippen LogP contribution < -0.4 is 10.6 Å². The van der Waals surface area contributed by atoms with Crippen molar-refractivity contribution in [1.29, 1.82) is 0 Å². The third kappa shape index (κ3) is 4.18. The molecule has 1 saturated heterocycles. The van der Waals surface area contributed by atoms with Crippen molar-refractivity contribution in [2.24, 2.45) is 11.7 Å². The SMILES string of the molecule is CC(N)Cc1cc(F)ccc1N(C)CC1CCOCC1. The summed E-state index contributed by atoms with van der Waals surface area (Å²) in [4.78, 5) is 2.23. The predicted octanol–water partition coefficient (Wildman–Crippen LogP) is 2.58. The predicted molar refractivity (Wildman–Crippen MR) is 80.6 cm³/mol. The maximum absolute atomic E-state index is 13.4. The fourth-order valence-corrected chi connectivity index (χ4v) is 2.85. The van der Waals surface area contributed by atoms with Crippen LogP contribution in [0.25, 0.3) is 0 Å². The molecule has 1 unspecified atom stereocenters. The molecule has 20 heavy (non-hydrogen) atoms. The number of benzene rings is 1. The van der Waals surface area contributed by atoms with E-state index in [2.05, 4.69) is 11.9 Å². The van der Waals surface area contributed by atoms with E-state index in [4.69, 9.17) is 10.5 Å². The Morgan fingerprint density at radius 3 is 2.75 bits per heavy atom. The third-order valence-corrected chi connectivity index (χ3v) is 3.87. The van der Waals surface area contributed by atoms with Gasteiger partial charge in [0.15, 0.2) is 0 Å². The van der Waals surface area contributed by atoms with Crippen LogP contribution in [0.1, 0.15) is 25.3 Å². The van der Waals surface area contributed by atoms with Gasteiger partial charge in [0.1, 0.15) is 5.82 Å². The van der Waals surface area contributed by atoms with Crippen LogP contribution in [0.3, 0.4) is 0 Å². The summed E-state index contributed by atoms with van der Waals surface area (Å²) in [6.07, 6.45) is 2.91. The molecule has 1 aromatic carbocycles. The van der Waals surface area contributed by atoms with E-state index >= 15 is 0 Å². The van der Waals surface area contributed by atoms with Crippen LogP contribution in [-0.2, 0) is 11.2 Å². The summed E-state index contributed by atoms with van der Waals surface area (Å²) < 4.78 is 18.8. The Morgan fingerprint density at radius 2 is 2.10 bits per heavy atom. The van der Waals surface area contributed by atoms with E-state index in [0.29, 0.717) is 12.3 Å². The highest BCUT2D eigenvalue weighted by Gasteiger charge is 2.18. The van der Waals surface area contributed by atoms with Gasteiger partial charge in [-0.1, -0.05) is 0 Å². The van der Waals surface area contributed by atoms with E-state index in [1.807, 2.05) is 13.0 Å². The quantitative estimate of drug-likeness (QED) is 0.901. The Balaban J connectivity index is 2.09. The molecule has 0 radical (unpaired) electrons. The average molecular weight is 280 g/mol. The molecule has 0 aliphatic carbocycles. The molecule has 1 atom stereocenters. The van der Waals surface area contributed by atoms with Gasteiger partial charge >= 0.3 is 0 Å². The summed E-state index contributed by atoms with van der Waals surface area (Å²) >= 11 is 0. The molecule has 0 saturated carbocycles. The largest absolute Gasteiger partial charge is 0.381 e. The summed E-state index contributed by atoms with van der Waals surface area (Å²) in [5.41, 5.74) is 7.96. The molecule has 4 heteroatoms. The van der Waals surface area contributed by atoms with E-state index in [9.17, 15) is 4.39 Å². The normalized spacial score (nSPS) is 18.0. The Kier molecular flexibility index (Phi) is 5.38. The highest BCUT2D eigenvalue weighted by Crippen LogP contribution is 2.25. The summed E-state index contributed by atoms with van der Waals surface area (Å²) in [5.74, 6) is 0.464. The second kappa shape index (κ2) is 7.04. The maximum atomic E-state index is 13.4. The molecule has 0 aromatic heterocycles. The van der Waals surface area contributed by atoms with Crippen molar-refractivity contribution in [2.45, 2.75) is 32.2 Å². The molecule has 1 fully saturated rings. The van der Waals surface area contributed by atoms with Crippen LogP contribution >= 0.6 is 0 Å². The van der Waals surface area contributed by atoms with Gasteiger partial charge in [0.2, 0.25) is 0 Å². The van der Waals surface area contributed by atoms with Crippen molar-refractivity contribution in [3.63, 3.8) is 0 Å². The second-order valence-electron chi connectivity index (χ2n) is 5.89. The van der Waals surface area contributed by atoms with E-state index < -0.39 is 0 Å². The molecule has 1 heterocycles. The molecule has 1 aromatic rings. The van der Waals surface area contributed by atoms with Crippen LogP contribution in [0, 0.1) is 11.7 Å². The van der Waals surface area contributed by atoms with Crippen LogP contribution in [0.15, 0.2) is 18.2 Å². The van der Waals surface area contributed by atoms with Gasteiger partial charge in [0.25, 0.3) is 0 Å². The van der Waals surface area contributed by atoms with Gasteiger partial charge in [0, 0.05) is 38.5 Å². The van der Waals surface area contributed by atoms with Crippen molar-refractivity contribution in [3.8, 4) is 0 Å². The number of hydrogen-bond donors (Lipinski definition) is 1. The lowest BCUT2D eigenvalue weighted by molar-refractivity contribution is 0.0685. The average Bonchev–Trinajstić information content (AvgIpc) is 2.39. The number of nitrogens with zero attached hydrogens (tertiary/aromatic N) is 1. The summed E-state index contributed by atoms with van der Waals surface area (Å²) in [5, 5.41) is 0. The van der Waals surface area contributed by atoms with Gasteiger partial charge in [-0.05, 0) is 55.9 Å². The summed E-state index contributed by atoms with van der Waals surface area (Å²) in [6, 6.07) is 5.04. The Hall–Kier alpha value is -1.13. The van der Waals surface area contributed by atoms with E-state index in [-0.39, 0.29) is 11.9 Å². The Labute approximate surface area is 120 Å². The highest BCUT2D eigenvalue weighted by atomic mass is 19.1. The lowest BCUT2D eigenvalue weighted by Crippen LogP contribution is -2.30. The summed E-state index contributed by atoms with van der Waals surface area (Å²) in [7, 11) is 2.08. The Morgan fingerprint density at radius 1 is 1.40 bits per heavy atom. The molecule has 0 bridgehead atoms. The van der Waals surface area contributed by atoms with Crippen molar-refractivity contribution >= 4 is 5.69 Å². The van der Waals surface area contributed by atoms with Crippen LogP contribution in [-0.4, -0.2) is 32.8 Å². The van der Waals surface area contributed by atoms with E-state index in [1.165, 1.54) is 6.07 Å². The Bertz CT molecular complexity index is 430. The first-order valence-corrected chi connectivity index (χ1v) is 7.39. The first kappa shape index (κ1) is 15.3. The maximum Gasteiger partial charge on any atom is 0.123 e. The van der Waals surface area contributed by atoms with Crippen LogP contribution in [0.2, 0.25) is 0 Å². The fourth-order valence-electron chi connectivity index (χ4n) is 2.85. The van der Waals surface area contributed by atoms with Crippen LogP contribution in [0.4, 0.5) is 10.1 Å². The fraction of sp³-hybridized carbons (Fsp3) is 0.625. The van der Waals surface area contributed by atoms with Gasteiger partial charge in [-0.15, -0.1) is 0 Å². The molecule has 1 aliphatic heterocycles. The number of ether oxygens (including phenoxy) is 1. The van der Waals surface area contributed by atoms with Gasteiger partial charge in [-0.2, -0.15) is 0 Å². The van der Waals surface area contributed by atoms with E-state index in [1.54, 1.807) is 6.07 Å². The molecular formula is C16H25FN2O. The lowest BCUT2D eigenvalue weighted by Gasteiger charge is -2.30. The minimum absolute atomic E-state index is 0.0343. The molecule has 1 aliphatic rings. The zero-order valence-electron chi connectivity index (χ0n) is 12.4. The topological polar surface area (TPSA) is 38.5 Å². The second-order valence-corrected chi connectivity index (χ2v) is 5.89. The number of hydrogen-bond acceptors (Lipinski definition) is 3. The van der Waals surface area contributed by atoms with Crippen molar-refractivity contribution in [1.82, 2.24) is 0 Å². The van der Waals surface area contributed by atoms with Crippen LogP contribution in [0.5, 0.6) is 0 Å². The molecule has 112 valence electrons. The molecule has 3 nitrogen and oxygen atoms in total. The minimum Gasteiger partial charge on any atom is -0.381 e. The van der Waals surface area contributed by atoms with Gasteiger partial charge in [-0.25, -0.2) is 4.39 Å². The van der Waals surface area contributed by atoms with Crippen molar-refractivity contribution in [3.05, 3.63) is 29.6 Å². The molecule has 2 N–H and O–H groups in total. The van der Waals surface area contributed by atoms with Crippen molar-refractivity contribution < 1.29 is 9.13 Å². The highest BCUT2D eigenvalue weighted by molar-refractivity contribution is 5.53. The number of halogens is 1. The monoisotopic (exact) mass is 280 g/mol.